The SMILES string of the molecule is COc1ccc2[nH]cc(C(=O)C3C(C)OC(C)C3C)c2c1. The molecule has 0 amide bonds. The number of ether oxygens (including phenoxy) is 2. The molecule has 1 aliphatic heterocycles. The molecule has 0 spiro atoms. The summed E-state index contributed by atoms with van der Waals surface area (Å²) in [6, 6.07) is 5.73. The van der Waals surface area contributed by atoms with Crippen molar-refractivity contribution in [1.82, 2.24) is 4.98 Å². The quantitative estimate of drug-likeness (QED) is 0.880. The van der Waals surface area contributed by atoms with Gasteiger partial charge < -0.3 is 14.5 Å². The van der Waals surface area contributed by atoms with E-state index in [9.17, 15) is 4.79 Å². The van der Waals surface area contributed by atoms with Crippen LogP contribution in [0.3, 0.4) is 0 Å². The van der Waals surface area contributed by atoms with Crippen LogP contribution in [0.4, 0.5) is 0 Å². The maximum absolute atomic E-state index is 12.9. The minimum absolute atomic E-state index is 0.0435. The molecule has 3 rings (SSSR count). The van der Waals surface area contributed by atoms with Crippen LogP contribution in [0.5, 0.6) is 5.75 Å². The number of Topliss-reactive ketones (excluding diaryl/α,β-unsaturated/α-hetero) is 1. The van der Waals surface area contributed by atoms with E-state index in [1.807, 2.05) is 32.0 Å². The third kappa shape index (κ3) is 2.23. The minimum atomic E-state index is -0.0924. The lowest BCUT2D eigenvalue weighted by Crippen LogP contribution is -2.26. The molecule has 1 aromatic heterocycles. The molecule has 2 aromatic rings. The van der Waals surface area contributed by atoms with Crippen molar-refractivity contribution < 1.29 is 14.3 Å². The summed E-state index contributed by atoms with van der Waals surface area (Å²) in [5.74, 6) is 1.04. The second kappa shape index (κ2) is 5.19. The van der Waals surface area contributed by atoms with Crippen LogP contribution in [0, 0.1) is 11.8 Å². The molecule has 1 N–H and O–H groups in total. The Morgan fingerprint density at radius 2 is 2.00 bits per heavy atom. The molecule has 4 atom stereocenters. The molecule has 0 bridgehead atoms. The fourth-order valence-corrected chi connectivity index (χ4v) is 3.33. The third-order valence-electron chi connectivity index (χ3n) is 4.70. The lowest BCUT2D eigenvalue weighted by atomic mass is 9.83. The van der Waals surface area contributed by atoms with Crippen molar-refractivity contribution in [2.24, 2.45) is 11.8 Å². The summed E-state index contributed by atoms with van der Waals surface area (Å²) in [4.78, 5) is 16.1. The summed E-state index contributed by atoms with van der Waals surface area (Å²) >= 11 is 0. The van der Waals surface area contributed by atoms with Gasteiger partial charge in [-0.15, -0.1) is 0 Å². The number of ketones is 1. The number of hydrogen-bond acceptors (Lipinski definition) is 3. The van der Waals surface area contributed by atoms with Crippen molar-refractivity contribution in [3.05, 3.63) is 30.0 Å². The van der Waals surface area contributed by atoms with Crippen LogP contribution in [0.15, 0.2) is 24.4 Å². The number of H-pyrrole nitrogens is 1. The standard InChI is InChI=1S/C17H21NO3/c1-9-10(2)21-11(3)16(9)17(19)14-8-18-15-6-5-12(20-4)7-13(14)15/h5-11,16,18H,1-4H3. The highest BCUT2D eigenvalue weighted by Crippen LogP contribution is 2.36. The van der Waals surface area contributed by atoms with Gasteiger partial charge in [0.2, 0.25) is 0 Å². The highest BCUT2D eigenvalue weighted by Gasteiger charge is 2.42. The molecule has 1 aliphatic rings. The number of nitrogens with one attached hydrogen (secondary N) is 1. The predicted octanol–water partition coefficient (Wildman–Crippen LogP) is 3.42. The van der Waals surface area contributed by atoms with E-state index < -0.39 is 0 Å². The van der Waals surface area contributed by atoms with Crippen LogP contribution >= 0.6 is 0 Å². The van der Waals surface area contributed by atoms with Crippen LogP contribution in [0.1, 0.15) is 31.1 Å². The van der Waals surface area contributed by atoms with Gasteiger partial charge in [0.05, 0.1) is 25.2 Å². The third-order valence-corrected chi connectivity index (χ3v) is 4.70. The number of carbonyl (C=O) groups is 1. The molecule has 21 heavy (non-hydrogen) atoms. The largest absolute Gasteiger partial charge is 0.497 e. The van der Waals surface area contributed by atoms with Crippen LogP contribution in [0.2, 0.25) is 0 Å². The van der Waals surface area contributed by atoms with Crippen molar-refractivity contribution in [3.8, 4) is 5.75 Å². The second-order valence-corrected chi connectivity index (χ2v) is 5.91. The van der Waals surface area contributed by atoms with Crippen molar-refractivity contribution >= 4 is 16.7 Å². The van der Waals surface area contributed by atoms with Gasteiger partial charge in [-0.25, -0.2) is 0 Å². The highest BCUT2D eigenvalue weighted by molar-refractivity contribution is 6.09. The zero-order valence-electron chi connectivity index (χ0n) is 12.8. The smallest absolute Gasteiger partial charge is 0.171 e. The number of aromatic amines is 1. The molecular formula is C17H21NO3. The Balaban J connectivity index is 2.02. The molecule has 4 heteroatoms. The van der Waals surface area contributed by atoms with Crippen LogP contribution in [-0.2, 0) is 4.74 Å². The van der Waals surface area contributed by atoms with Gasteiger partial charge >= 0.3 is 0 Å². The zero-order chi connectivity index (χ0) is 15.1. The Hall–Kier alpha value is -1.81. The van der Waals surface area contributed by atoms with Crippen LogP contribution in [-0.4, -0.2) is 30.1 Å². The maximum atomic E-state index is 12.9. The summed E-state index contributed by atoms with van der Waals surface area (Å²) in [5, 5.41) is 0.915. The van der Waals surface area contributed by atoms with Gasteiger partial charge in [0, 0.05) is 22.7 Å². The molecule has 1 aromatic carbocycles. The van der Waals surface area contributed by atoms with Gasteiger partial charge in [0.1, 0.15) is 5.75 Å². The molecule has 0 saturated carbocycles. The summed E-state index contributed by atoms with van der Waals surface area (Å²) in [7, 11) is 1.63. The first-order valence-electron chi connectivity index (χ1n) is 7.37. The Bertz CT molecular complexity index is 676. The summed E-state index contributed by atoms with van der Waals surface area (Å²) in [6.45, 7) is 6.11. The highest BCUT2D eigenvalue weighted by atomic mass is 16.5. The van der Waals surface area contributed by atoms with E-state index in [1.165, 1.54) is 0 Å². The number of methoxy groups -OCH3 is 1. The summed E-state index contributed by atoms with van der Waals surface area (Å²) in [5.41, 5.74) is 1.68. The Kier molecular flexibility index (Phi) is 3.49. The first kappa shape index (κ1) is 14.1. The lowest BCUT2D eigenvalue weighted by molar-refractivity contribution is 0.0491. The van der Waals surface area contributed by atoms with E-state index in [2.05, 4.69) is 11.9 Å². The van der Waals surface area contributed by atoms with Crippen molar-refractivity contribution in [1.29, 1.82) is 0 Å². The molecule has 1 saturated heterocycles. The first-order chi connectivity index (χ1) is 10.0. The fraction of sp³-hybridized carbons (Fsp3) is 0.471. The molecule has 1 fully saturated rings. The number of carbonyl (C=O) groups excluding carboxylic acids is 1. The van der Waals surface area contributed by atoms with E-state index in [4.69, 9.17) is 9.47 Å². The van der Waals surface area contributed by atoms with Crippen LogP contribution in [0.25, 0.3) is 10.9 Å². The first-order valence-corrected chi connectivity index (χ1v) is 7.37. The lowest BCUT2D eigenvalue weighted by Gasteiger charge is -2.16. The van der Waals surface area contributed by atoms with E-state index in [0.717, 1.165) is 22.2 Å². The molecule has 0 radical (unpaired) electrons. The minimum Gasteiger partial charge on any atom is -0.497 e. The summed E-state index contributed by atoms with van der Waals surface area (Å²) in [6.07, 6.45) is 1.88. The van der Waals surface area contributed by atoms with Crippen molar-refractivity contribution in [3.63, 3.8) is 0 Å². The monoisotopic (exact) mass is 287 g/mol. The van der Waals surface area contributed by atoms with E-state index in [-0.39, 0.29) is 29.8 Å². The summed E-state index contributed by atoms with van der Waals surface area (Å²) < 4.78 is 11.1. The predicted molar refractivity (Wildman–Crippen MR) is 81.8 cm³/mol. The molecule has 4 nitrogen and oxygen atoms in total. The number of benzene rings is 1. The Morgan fingerprint density at radius 1 is 1.24 bits per heavy atom. The topological polar surface area (TPSA) is 51.3 Å². The van der Waals surface area contributed by atoms with Crippen molar-refractivity contribution in [2.45, 2.75) is 33.0 Å². The number of aromatic nitrogens is 1. The van der Waals surface area contributed by atoms with Gasteiger partial charge in [-0.1, -0.05) is 6.92 Å². The van der Waals surface area contributed by atoms with E-state index in [1.54, 1.807) is 13.3 Å². The van der Waals surface area contributed by atoms with E-state index >= 15 is 0 Å². The Morgan fingerprint density at radius 3 is 2.62 bits per heavy atom. The Labute approximate surface area is 124 Å². The van der Waals surface area contributed by atoms with Gasteiger partial charge in [0.15, 0.2) is 5.78 Å². The number of rotatable bonds is 3. The second-order valence-electron chi connectivity index (χ2n) is 5.91. The fourth-order valence-electron chi connectivity index (χ4n) is 3.33. The average molecular weight is 287 g/mol. The molecule has 112 valence electrons. The molecular weight excluding hydrogens is 266 g/mol. The van der Waals surface area contributed by atoms with Gasteiger partial charge in [-0.05, 0) is 38.0 Å². The zero-order valence-corrected chi connectivity index (χ0v) is 12.8. The van der Waals surface area contributed by atoms with Gasteiger partial charge in [-0.3, -0.25) is 4.79 Å². The van der Waals surface area contributed by atoms with Gasteiger partial charge in [0.25, 0.3) is 0 Å². The molecule has 2 heterocycles. The van der Waals surface area contributed by atoms with E-state index in [0.29, 0.717) is 0 Å². The van der Waals surface area contributed by atoms with Crippen molar-refractivity contribution in [2.75, 3.05) is 7.11 Å². The van der Waals surface area contributed by atoms with Crippen LogP contribution < -0.4 is 4.74 Å². The molecule has 4 unspecified atom stereocenters. The number of fused-ring (bicyclic) bond motifs is 1. The normalized spacial score (nSPS) is 29.0. The maximum Gasteiger partial charge on any atom is 0.171 e. The molecule has 0 aliphatic carbocycles. The average Bonchev–Trinajstić information content (AvgIpc) is 2.99. The van der Waals surface area contributed by atoms with Gasteiger partial charge in [-0.2, -0.15) is 0 Å². The number of hydrogen-bond donors (Lipinski definition) is 1.